The lowest BCUT2D eigenvalue weighted by molar-refractivity contribution is 0.594. The number of sulfonamides is 1. The second-order valence-electron chi connectivity index (χ2n) is 3.71. The van der Waals surface area contributed by atoms with Crippen molar-refractivity contribution in [1.29, 1.82) is 0 Å². The van der Waals surface area contributed by atoms with Crippen molar-refractivity contribution < 1.29 is 12.8 Å². The average Bonchev–Trinajstić information content (AvgIpc) is 2.63. The number of aromatic nitrogens is 2. The molecule has 0 aliphatic rings. The zero-order valence-electron chi connectivity index (χ0n) is 9.05. The topological polar surface area (TPSA) is 78.0 Å². The van der Waals surface area contributed by atoms with Crippen LogP contribution in [-0.4, -0.2) is 18.0 Å². The van der Waals surface area contributed by atoms with Gasteiger partial charge in [-0.3, -0.25) is 0 Å². The fourth-order valence-electron chi connectivity index (χ4n) is 1.49. The van der Waals surface area contributed by atoms with Gasteiger partial charge < -0.3 is 4.57 Å². The molecule has 0 aliphatic carbocycles. The van der Waals surface area contributed by atoms with Crippen LogP contribution in [0.1, 0.15) is 5.56 Å². The number of benzene rings is 1. The van der Waals surface area contributed by atoms with Crippen molar-refractivity contribution in [3.63, 3.8) is 0 Å². The largest absolute Gasteiger partial charge is 0.332 e. The Morgan fingerprint density at radius 2 is 2.11 bits per heavy atom. The molecule has 1 aromatic carbocycles. The van der Waals surface area contributed by atoms with Crippen LogP contribution in [0, 0.1) is 5.82 Å². The van der Waals surface area contributed by atoms with Gasteiger partial charge in [0, 0.05) is 17.2 Å². The third-order valence-corrected chi connectivity index (χ3v) is 3.44. The Morgan fingerprint density at radius 3 is 2.67 bits per heavy atom. The molecule has 96 valence electrons. The van der Waals surface area contributed by atoms with E-state index < -0.39 is 10.0 Å². The second kappa shape index (κ2) is 4.79. The molecule has 2 aromatic rings. The fourth-order valence-corrected chi connectivity index (χ4v) is 2.48. The van der Waals surface area contributed by atoms with Gasteiger partial charge in [-0.05, 0) is 23.8 Å². The summed E-state index contributed by atoms with van der Waals surface area (Å²) < 4.78 is 37.4. The van der Waals surface area contributed by atoms with Crippen LogP contribution in [0.3, 0.4) is 0 Å². The highest BCUT2D eigenvalue weighted by molar-refractivity contribution is 9.10. The Labute approximate surface area is 112 Å². The molecule has 18 heavy (non-hydrogen) atoms. The minimum atomic E-state index is -3.81. The van der Waals surface area contributed by atoms with Crippen molar-refractivity contribution in [2.45, 2.75) is 11.6 Å². The minimum absolute atomic E-state index is 0.210. The Bertz CT molecular complexity index is 664. The lowest BCUT2D eigenvalue weighted by atomic mass is 10.2. The van der Waals surface area contributed by atoms with E-state index in [0.717, 1.165) is 0 Å². The van der Waals surface area contributed by atoms with Crippen molar-refractivity contribution in [1.82, 2.24) is 9.55 Å². The number of nitrogens with zero attached hydrogens (tertiary/aromatic N) is 2. The highest BCUT2D eigenvalue weighted by Gasteiger charge is 2.11. The maximum Gasteiger partial charge on any atom is 0.257 e. The maximum absolute atomic E-state index is 13.2. The van der Waals surface area contributed by atoms with E-state index in [2.05, 4.69) is 20.9 Å². The third-order valence-electron chi connectivity index (χ3n) is 2.19. The van der Waals surface area contributed by atoms with Crippen LogP contribution in [0.2, 0.25) is 0 Å². The van der Waals surface area contributed by atoms with Crippen molar-refractivity contribution in [3.05, 3.63) is 46.6 Å². The van der Waals surface area contributed by atoms with Gasteiger partial charge in [-0.25, -0.2) is 22.9 Å². The van der Waals surface area contributed by atoms with Gasteiger partial charge in [0.25, 0.3) is 10.0 Å². The van der Waals surface area contributed by atoms with E-state index in [1.54, 1.807) is 6.07 Å². The average molecular weight is 334 g/mol. The number of hydrogen-bond donors (Lipinski definition) is 1. The number of hydrogen-bond acceptors (Lipinski definition) is 3. The smallest absolute Gasteiger partial charge is 0.257 e. The molecule has 2 N–H and O–H groups in total. The molecule has 0 radical (unpaired) electrons. The van der Waals surface area contributed by atoms with Gasteiger partial charge in [0.05, 0.1) is 6.33 Å². The minimum Gasteiger partial charge on any atom is -0.332 e. The molecule has 1 aromatic heterocycles. The number of halogens is 2. The molecule has 0 aliphatic heterocycles. The molecule has 0 atom stereocenters. The first kappa shape index (κ1) is 13.2. The Balaban J connectivity index is 2.27. The molecule has 0 saturated heterocycles. The van der Waals surface area contributed by atoms with E-state index in [9.17, 15) is 12.8 Å². The van der Waals surface area contributed by atoms with Gasteiger partial charge in [0.15, 0.2) is 5.03 Å². The van der Waals surface area contributed by atoms with Crippen LogP contribution in [0.4, 0.5) is 4.39 Å². The number of nitrogens with two attached hydrogens (primary N) is 1. The number of rotatable bonds is 3. The molecule has 0 amide bonds. The first-order valence-corrected chi connectivity index (χ1v) is 7.18. The van der Waals surface area contributed by atoms with Gasteiger partial charge in [-0.15, -0.1) is 0 Å². The van der Waals surface area contributed by atoms with E-state index in [0.29, 0.717) is 16.6 Å². The molecule has 0 bridgehead atoms. The summed E-state index contributed by atoms with van der Waals surface area (Å²) in [5.74, 6) is -0.369. The van der Waals surface area contributed by atoms with Gasteiger partial charge in [0.2, 0.25) is 0 Å². The molecule has 5 nitrogen and oxygen atoms in total. The summed E-state index contributed by atoms with van der Waals surface area (Å²) in [6, 6.07) is 4.44. The van der Waals surface area contributed by atoms with Crippen molar-refractivity contribution in [3.8, 4) is 0 Å². The summed E-state index contributed by atoms with van der Waals surface area (Å²) >= 11 is 3.18. The standard InChI is InChI=1S/C10H9BrFN3O2S/c11-8-1-7(2-9(12)3-8)4-15-5-10(14-6-15)18(13,16)17/h1-3,5-6H,4H2,(H2,13,16,17). The van der Waals surface area contributed by atoms with Crippen molar-refractivity contribution in [2.24, 2.45) is 5.14 Å². The van der Waals surface area contributed by atoms with Crippen molar-refractivity contribution in [2.75, 3.05) is 0 Å². The maximum atomic E-state index is 13.2. The highest BCUT2D eigenvalue weighted by Crippen LogP contribution is 2.16. The Morgan fingerprint density at radius 1 is 1.39 bits per heavy atom. The molecular formula is C10H9BrFN3O2S. The van der Waals surface area contributed by atoms with E-state index in [1.165, 1.54) is 29.2 Å². The molecule has 8 heteroatoms. The van der Waals surface area contributed by atoms with Crippen LogP contribution in [-0.2, 0) is 16.6 Å². The Hall–Kier alpha value is -1.25. The molecule has 0 fully saturated rings. The lowest BCUT2D eigenvalue weighted by Gasteiger charge is -2.03. The van der Waals surface area contributed by atoms with Gasteiger partial charge in [-0.1, -0.05) is 15.9 Å². The van der Waals surface area contributed by atoms with Crippen LogP contribution < -0.4 is 5.14 Å². The molecule has 0 unspecified atom stereocenters. The summed E-state index contributed by atoms with van der Waals surface area (Å²) in [5, 5.41) is 4.73. The fraction of sp³-hybridized carbons (Fsp3) is 0.100. The monoisotopic (exact) mass is 333 g/mol. The first-order valence-electron chi connectivity index (χ1n) is 4.84. The Kier molecular flexibility index (Phi) is 3.51. The van der Waals surface area contributed by atoms with Crippen LogP contribution in [0.15, 0.2) is 40.2 Å². The molecular weight excluding hydrogens is 325 g/mol. The van der Waals surface area contributed by atoms with E-state index in [-0.39, 0.29) is 10.8 Å². The van der Waals surface area contributed by atoms with Crippen LogP contribution in [0.5, 0.6) is 0 Å². The van der Waals surface area contributed by atoms with E-state index in [4.69, 9.17) is 5.14 Å². The van der Waals surface area contributed by atoms with Crippen LogP contribution in [0.25, 0.3) is 0 Å². The normalized spacial score (nSPS) is 11.7. The first-order chi connectivity index (χ1) is 8.34. The summed E-state index contributed by atoms with van der Waals surface area (Å²) in [6.07, 6.45) is 2.63. The van der Waals surface area contributed by atoms with Gasteiger partial charge in [-0.2, -0.15) is 0 Å². The summed E-state index contributed by atoms with van der Waals surface area (Å²) in [4.78, 5) is 3.67. The predicted molar refractivity (Wildman–Crippen MR) is 66.8 cm³/mol. The number of primary sulfonamides is 1. The third kappa shape index (κ3) is 3.15. The molecule has 2 rings (SSSR count). The quantitative estimate of drug-likeness (QED) is 0.924. The van der Waals surface area contributed by atoms with Crippen molar-refractivity contribution >= 4 is 26.0 Å². The molecule has 1 heterocycles. The predicted octanol–water partition coefficient (Wildman–Crippen LogP) is 1.48. The van der Waals surface area contributed by atoms with Gasteiger partial charge >= 0.3 is 0 Å². The van der Waals surface area contributed by atoms with E-state index >= 15 is 0 Å². The molecule has 0 saturated carbocycles. The van der Waals surface area contributed by atoms with E-state index in [1.807, 2.05) is 0 Å². The second-order valence-corrected chi connectivity index (χ2v) is 6.13. The zero-order valence-corrected chi connectivity index (χ0v) is 11.4. The summed E-state index contributed by atoms with van der Waals surface area (Å²) in [6.45, 7) is 0.304. The SMILES string of the molecule is NS(=O)(=O)c1cn(Cc2cc(F)cc(Br)c2)cn1. The molecule has 0 spiro atoms. The zero-order chi connectivity index (χ0) is 13.3. The number of imidazole rings is 1. The summed E-state index contributed by atoms with van der Waals surface area (Å²) in [5.41, 5.74) is 0.681. The lowest BCUT2D eigenvalue weighted by Crippen LogP contribution is -2.12. The highest BCUT2D eigenvalue weighted by atomic mass is 79.9. The van der Waals surface area contributed by atoms with Gasteiger partial charge in [0.1, 0.15) is 5.82 Å². The van der Waals surface area contributed by atoms with Crippen LogP contribution >= 0.6 is 15.9 Å². The summed E-state index contributed by atoms with van der Waals surface area (Å²) in [7, 11) is -3.81.